The second-order valence-corrected chi connectivity index (χ2v) is 6.30. The lowest BCUT2D eigenvalue weighted by molar-refractivity contribution is -0.131. The maximum absolute atomic E-state index is 12.6. The summed E-state index contributed by atoms with van der Waals surface area (Å²) in [7, 11) is 0. The molecular weight excluding hydrogens is 248 g/mol. The smallest absolute Gasteiger partial charge is 0.240 e. The predicted molar refractivity (Wildman–Crippen MR) is 80.5 cm³/mol. The van der Waals surface area contributed by atoms with Gasteiger partial charge in [-0.1, -0.05) is 38.1 Å². The van der Waals surface area contributed by atoms with E-state index in [0.717, 1.165) is 25.8 Å². The minimum atomic E-state index is 0.0177. The van der Waals surface area contributed by atoms with Crippen molar-refractivity contribution in [2.24, 2.45) is 0 Å². The average molecular weight is 272 g/mol. The summed E-state index contributed by atoms with van der Waals surface area (Å²) in [6.45, 7) is 5.10. The molecule has 1 saturated heterocycles. The van der Waals surface area contributed by atoms with Crippen molar-refractivity contribution >= 4 is 5.91 Å². The van der Waals surface area contributed by atoms with E-state index in [1.54, 1.807) is 0 Å². The third-order valence-electron chi connectivity index (χ3n) is 4.49. The van der Waals surface area contributed by atoms with Gasteiger partial charge in [0, 0.05) is 12.6 Å². The molecule has 3 nitrogen and oxygen atoms in total. The van der Waals surface area contributed by atoms with E-state index >= 15 is 0 Å². The molecule has 1 fully saturated rings. The molecule has 20 heavy (non-hydrogen) atoms. The molecule has 1 heterocycles. The van der Waals surface area contributed by atoms with E-state index in [2.05, 4.69) is 48.3 Å². The Morgan fingerprint density at radius 1 is 1.25 bits per heavy atom. The molecule has 1 amide bonds. The number of carbonyl (C=O) groups is 1. The Labute approximate surface area is 121 Å². The summed E-state index contributed by atoms with van der Waals surface area (Å²) >= 11 is 0. The first kappa shape index (κ1) is 13.6. The van der Waals surface area contributed by atoms with E-state index in [0.29, 0.717) is 18.0 Å². The summed E-state index contributed by atoms with van der Waals surface area (Å²) in [6, 6.07) is 9.30. The number of hydrogen-bond acceptors (Lipinski definition) is 2. The van der Waals surface area contributed by atoms with Crippen LogP contribution in [0, 0.1) is 0 Å². The summed E-state index contributed by atoms with van der Waals surface area (Å²) in [5.74, 6) is 0.292. The monoisotopic (exact) mass is 272 g/mol. The summed E-state index contributed by atoms with van der Waals surface area (Å²) in [4.78, 5) is 14.7. The number of aryl methyl sites for hydroxylation is 1. The van der Waals surface area contributed by atoms with Crippen molar-refractivity contribution in [2.75, 3.05) is 6.54 Å². The zero-order valence-electron chi connectivity index (χ0n) is 12.4. The zero-order chi connectivity index (χ0) is 14.1. The molecule has 1 aromatic rings. The Kier molecular flexibility index (Phi) is 3.79. The lowest BCUT2D eigenvalue weighted by atomic mass is 9.87. The van der Waals surface area contributed by atoms with Gasteiger partial charge in [-0.2, -0.15) is 0 Å². The van der Waals surface area contributed by atoms with Crippen LogP contribution in [0.5, 0.6) is 0 Å². The third-order valence-corrected chi connectivity index (χ3v) is 4.49. The van der Waals surface area contributed by atoms with E-state index in [9.17, 15) is 4.79 Å². The van der Waals surface area contributed by atoms with Gasteiger partial charge >= 0.3 is 0 Å². The Hall–Kier alpha value is -1.35. The Bertz CT molecular complexity index is 498. The van der Waals surface area contributed by atoms with Gasteiger partial charge in [0.25, 0.3) is 0 Å². The van der Waals surface area contributed by atoms with Crippen LogP contribution in [0.25, 0.3) is 0 Å². The standard InChI is InChI=1S/C17H24N2O/c1-12(2)18-15-10-11-19(17(15)20)16-9-5-7-13-6-3-4-8-14(13)16/h3-4,6,8,12,15-16,18H,5,7,9-11H2,1-2H3. The number of benzene rings is 1. The van der Waals surface area contributed by atoms with Crippen molar-refractivity contribution in [2.45, 2.75) is 57.7 Å². The zero-order valence-corrected chi connectivity index (χ0v) is 12.4. The molecule has 0 bridgehead atoms. The third kappa shape index (κ3) is 2.47. The van der Waals surface area contributed by atoms with E-state index in [4.69, 9.17) is 0 Å². The molecule has 1 aromatic carbocycles. The van der Waals surface area contributed by atoms with Crippen molar-refractivity contribution in [3.05, 3.63) is 35.4 Å². The van der Waals surface area contributed by atoms with E-state index in [1.807, 2.05) is 0 Å². The average Bonchev–Trinajstić information content (AvgIpc) is 2.79. The molecule has 2 unspecified atom stereocenters. The Morgan fingerprint density at radius 3 is 2.85 bits per heavy atom. The summed E-state index contributed by atoms with van der Waals surface area (Å²) in [5, 5.41) is 3.39. The fourth-order valence-corrected chi connectivity index (χ4v) is 3.62. The second kappa shape index (κ2) is 5.57. The fraction of sp³-hybridized carbons (Fsp3) is 0.588. The highest BCUT2D eigenvalue weighted by molar-refractivity contribution is 5.84. The van der Waals surface area contributed by atoms with E-state index in [1.165, 1.54) is 17.5 Å². The number of hydrogen-bond donors (Lipinski definition) is 1. The molecule has 1 N–H and O–H groups in total. The normalized spacial score (nSPS) is 26.1. The number of nitrogens with one attached hydrogen (secondary N) is 1. The van der Waals surface area contributed by atoms with Gasteiger partial charge in [0.05, 0.1) is 12.1 Å². The van der Waals surface area contributed by atoms with Crippen LogP contribution in [0.4, 0.5) is 0 Å². The van der Waals surface area contributed by atoms with Crippen molar-refractivity contribution in [3.8, 4) is 0 Å². The Morgan fingerprint density at radius 2 is 2.05 bits per heavy atom. The largest absolute Gasteiger partial charge is 0.334 e. The molecule has 0 saturated carbocycles. The number of likely N-dealkylation sites (tertiary alicyclic amines) is 1. The molecule has 2 aliphatic rings. The van der Waals surface area contributed by atoms with Gasteiger partial charge < -0.3 is 10.2 Å². The molecule has 3 rings (SSSR count). The molecule has 0 aromatic heterocycles. The number of fused-ring (bicyclic) bond motifs is 1. The molecule has 1 aliphatic heterocycles. The van der Waals surface area contributed by atoms with Gasteiger partial charge in [0.2, 0.25) is 5.91 Å². The van der Waals surface area contributed by atoms with Crippen LogP contribution in [0.15, 0.2) is 24.3 Å². The lowest BCUT2D eigenvalue weighted by Crippen LogP contribution is -2.42. The van der Waals surface area contributed by atoms with Gasteiger partial charge in [0.1, 0.15) is 0 Å². The van der Waals surface area contributed by atoms with Gasteiger partial charge in [-0.15, -0.1) is 0 Å². The highest BCUT2D eigenvalue weighted by atomic mass is 16.2. The summed E-state index contributed by atoms with van der Waals surface area (Å²) in [6.07, 6.45) is 4.39. The molecule has 0 spiro atoms. The maximum atomic E-state index is 12.6. The maximum Gasteiger partial charge on any atom is 0.240 e. The molecule has 1 aliphatic carbocycles. The topological polar surface area (TPSA) is 32.3 Å². The first-order valence-electron chi connectivity index (χ1n) is 7.81. The van der Waals surface area contributed by atoms with Gasteiger partial charge in [-0.3, -0.25) is 4.79 Å². The number of rotatable bonds is 3. The first-order valence-corrected chi connectivity index (χ1v) is 7.81. The van der Waals surface area contributed by atoms with Gasteiger partial charge in [-0.05, 0) is 36.8 Å². The van der Waals surface area contributed by atoms with Crippen molar-refractivity contribution in [3.63, 3.8) is 0 Å². The molecular formula is C17H24N2O. The summed E-state index contributed by atoms with van der Waals surface area (Å²) < 4.78 is 0. The van der Waals surface area contributed by atoms with E-state index < -0.39 is 0 Å². The summed E-state index contributed by atoms with van der Waals surface area (Å²) in [5.41, 5.74) is 2.80. The minimum Gasteiger partial charge on any atom is -0.334 e. The Balaban J connectivity index is 1.80. The highest BCUT2D eigenvalue weighted by Gasteiger charge is 2.37. The van der Waals surface area contributed by atoms with Crippen LogP contribution in [0.2, 0.25) is 0 Å². The minimum absolute atomic E-state index is 0.0177. The number of amides is 1. The molecule has 0 radical (unpaired) electrons. The predicted octanol–water partition coefficient (Wildman–Crippen LogP) is 2.66. The van der Waals surface area contributed by atoms with Crippen LogP contribution >= 0.6 is 0 Å². The first-order chi connectivity index (χ1) is 9.66. The van der Waals surface area contributed by atoms with Gasteiger partial charge in [0.15, 0.2) is 0 Å². The van der Waals surface area contributed by atoms with E-state index in [-0.39, 0.29) is 6.04 Å². The molecule has 108 valence electrons. The second-order valence-electron chi connectivity index (χ2n) is 6.30. The van der Waals surface area contributed by atoms with Crippen LogP contribution in [0.3, 0.4) is 0 Å². The SMILES string of the molecule is CC(C)NC1CCN(C2CCCc3ccccc32)C1=O. The lowest BCUT2D eigenvalue weighted by Gasteiger charge is -2.33. The number of carbonyl (C=O) groups excluding carboxylic acids is 1. The molecule has 3 heteroatoms. The fourth-order valence-electron chi connectivity index (χ4n) is 3.62. The van der Waals surface area contributed by atoms with Crippen molar-refractivity contribution in [1.82, 2.24) is 10.2 Å². The van der Waals surface area contributed by atoms with Gasteiger partial charge in [-0.25, -0.2) is 0 Å². The van der Waals surface area contributed by atoms with Crippen molar-refractivity contribution in [1.29, 1.82) is 0 Å². The quantitative estimate of drug-likeness (QED) is 0.917. The highest BCUT2D eigenvalue weighted by Crippen LogP contribution is 2.36. The van der Waals surface area contributed by atoms with Crippen LogP contribution in [0.1, 0.15) is 50.3 Å². The number of nitrogens with zero attached hydrogens (tertiary/aromatic N) is 1. The van der Waals surface area contributed by atoms with Crippen LogP contribution in [-0.2, 0) is 11.2 Å². The molecule has 2 atom stereocenters. The van der Waals surface area contributed by atoms with Crippen LogP contribution in [-0.4, -0.2) is 29.4 Å². The van der Waals surface area contributed by atoms with Crippen molar-refractivity contribution < 1.29 is 4.79 Å². The van der Waals surface area contributed by atoms with Crippen LogP contribution < -0.4 is 5.32 Å².